The first-order chi connectivity index (χ1) is 11.6. The molecule has 0 unspecified atom stereocenters. The zero-order valence-electron chi connectivity index (χ0n) is 15.0. The lowest BCUT2D eigenvalue weighted by molar-refractivity contribution is -0.147. The third kappa shape index (κ3) is 4.34. The summed E-state index contributed by atoms with van der Waals surface area (Å²) in [6.07, 6.45) is -1.05. The average molecular weight is 368 g/mol. The zero-order chi connectivity index (χ0) is 19.3. The molecule has 0 N–H and O–H groups in total. The van der Waals surface area contributed by atoms with Crippen LogP contribution in [0.4, 0.5) is 0 Å². The second kappa shape index (κ2) is 8.38. The van der Waals surface area contributed by atoms with Crippen LogP contribution < -0.4 is 0 Å². The molecule has 0 aromatic heterocycles. The first-order valence-corrected chi connectivity index (χ1v) is 9.56. The Morgan fingerprint density at radius 1 is 0.960 bits per heavy atom. The number of carbonyl (C=O) groups is 3. The fraction of sp³-hybridized carbons (Fsp3) is 0.500. The monoisotopic (exact) mass is 368 g/mol. The van der Waals surface area contributed by atoms with Crippen molar-refractivity contribution in [3.05, 3.63) is 29.8 Å². The highest BCUT2D eigenvalue weighted by Crippen LogP contribution is 2.35. The fourth-order valence-electron chi connectivity index (χ4n) is 2.52. The van der Waals surface area contributed by atoms with Gasteiger partial charge in [-0.1, -0.05) is 31.5 Å². The molecule has 0 heterocycles. The molecule has 1 aromatic carbocycles. The van der Waals surface area contributed by atoms with E-state index in [1.54, 1.807) is 32.9 Å². The number of benzene rings is 1. The van der Waals surface area contributed by atoms with Crippen LogP contribution in [0.25, 0.3) is 0 Å². The van der Waals surface area contributed by atoms with E-state index in [0.717, 1.165) is 12.7 Å². The number of esters is 1. The van der Waals surface area contributed by atoms with Gasteiger partial charge in [0.1, 0.15) is 11.6 Å². The number of sulfone groups is 1. The van der Waals surface area contributed by atoms with E-state index in [0.29, 0.717) is 0 Å². The van der Waals surface area contributed by atoms with Crippen molar-refractivity contribution in [2.24, 2.45) is 0 Å². The molecule has 1 aromatic rings. The summed E-state index contributed by atoms with van der Waals surface area (Å²) in [4.78, 5) is 36.5. The molecule has 1 rings (SSSR count). The maximum absolute atomic E-state index is 13.3. The topological polar surface area (TPSA) is 94.6 Å². The van der Waals surface area contributed by atoms with Crippen LogP contribution in [0, 0.1) is 6.92 Å². The summed E-state index contributed by atoms with van der Waals surface area (Å²) in [5, 5.41) is 0. The number of hydrogen-bond donors (Lipinski definition) is 0. The van der Waals surface area contributed by atoms with E-state index in [2.05, 4.69) is 0 Å². The molecule has 0 aliphatic heterocycles. The van der Waals surface area contributed by atoms with Crippen molar-refractivity contribution in [2.45, 2.75) is 56.1 Å². The highest BCUT2D eigenvalue weighted by molar-refractivity contribution is 7.93. The lowest BCUT2D eigenvalue weighted by Crippen LogP contribution is -2.50. The van der Waals surface area contributed by atoms with Crippen molar-refractivity contribution in [2.75, 3.05) is 7.11 Å². The van der Waals surface area contributed by atoms with E-state index in [9.17, 15) is 22.8 Å². The molecule has 7 heteroatoms. The van der Waals surface area contributed by atoms with Gasteiger partial charge in [0.25, 0.3) is 0 Å². The Morgan fingerprint density at radius 2 is 1.40 bits per heavy atom. The molecule has 0 saturated heterocycles. The van der Waals surface area contributed by atoms with Crippen molar-refractivity contribution in [3.63, 3.8) is 0 Å². The summed E-state index contributed by atoms with van der Waals surface area (Å²) in [5.74, 6) is -1.94. The smallest absolute Gasteiger partial charge is 0.328 e. The Balaban J connectivity index is 3.64. The Morgan fingerprint density at radius 3 is 1.76 bits per heavy atom. The molecule has 138 valence electrons. The minimum atomic E-state index is -4.32. The van der Waals surface area contributed by atoms with Gasteiger partial charge in [-0.2, -0.15) is 0 Å². The van der Waals surface area contributed by atoms with Crippen molar-refractivity contribution in [3.8, 4) is 0 Å². The number of rotatable bonds is 9. The zero-order valence-corrected chi connectivity index (χ0v) is 15.8. The van der Waals surface area contributed by atoms with Crippen molar-refractivity contribution in [1.82, 2.24) is 0 Å². The number of methoxy groups -OCH3 is 1. The fourth-order valence-corrected chi connectivity index (χ4v) is 4.47. The normalized spacial score (nSPS) is 11.8. The van der Waals surface area contributed by atoms with Crippen LogP contribution in [0.3, 0.4) is 0 Å². The van der Waals surface area contributed by atoms with Gasteiger partial charge >= 0.3 is 5.97 Å². The Bertz CT molecular complexity index is 728. The van der Waals surface area contributed by atoms with Gasteiger partial charge in [-0.15, -0.1) is 0 Å². The summed E-state index contributed by atoms with van der Waals surface area (Å²) < 4.78 is 29.0. The third-order valence-electron chi connectivity index (χ3n) is 4.16. The van der Waals surface area contributed by atoms with Crippen molar-refractivity contribution in [1.29, 1.82) is 0 Å². The molecule has 0 bridgehead atoms. The lowest BCUT2D eigenvalue weighted by Gasteiger charge is -2.29. The Labute approximate surface area is 148 Å². The van der Waals surface area contributed by atoms with Crippen LogP contribution in [-0.4, -0.2) is 37.8 Å². The highest BCUT2D eigenvalue weighted by Gasteiger charge is 2.54. The number of ketones is 2. The van der Waals surface area contributed by atoms with Crippen LogP contribution >= 0.6 is 0 Å². The number of carbonyl (C=O) groups excluding carboxylic acids is 3. The largest absolute Gasteiger partial charge is 0.468 e. The lowest BCUT2D eigenvalue weighted by atomic mass is 9.93. The van der Waals surface area contributed by atoms with E-state index in [-0.39, 0.29) is 17.7 Å². The van der Waals surface area contributed by atoms with Crippen molar-refractivity contribution < 1.29 is 27.5 Å². The van der Waals surface area contributed by atoms with Gasteiger partial charge in [0.2, 0.25) is 0 Å². The summed E-state index contributed by atoms with van der Waals surface area (Å²) >= 11 is 0. The summed E-state index contributed by atoms with van der Waals surface area (Å²) in [6, 6.07) is 5.93. The maximum Gasteiger partial charge on any atom is 0.328 e. The predicted molar refractivity (Wildman–Crippen MR) is 92.9 cm³/mol. The molecule has 0 amide bonds. The van der Waals surface area contributed by atoms with Crippen LogP contribution in [0.1, 0.15) is 45.1 Å². The van der Waals surface area contributed by atoms with E-state index in [1.807, 2.05) is 0 Å². The molecular weight excluding hydrogens is 344 g/mol. The Kier molecular flexibility index (Phi) is 7.05. The first kappa shape index (κ1) is 21.0. The van der Waals surface area contributed by atoms with Gasteiger partial charge in [0.15, 0.2) is 14.6 Å². The third-order valence-corrected chi connectivity index (χ3v) is 6.53. The minimum absolute atomic E-state index is 0.0580. The number of Topliss-reactive ketones (excluding diaryl/α,β-unsaturated/α-hetero) is 2. The van der Waals surface area contributed by atoms with Crippen LogP contribution in [0.5, 0.6) is 0 Å². The number of ether oxygens (including phenoxy) is 1. The molecular formula is C18H24O6S. The molecule has 6 nitrogen and oxygen atoms in total. The standard InChI is InChI=1S/C18H24O6S/c1-5-14(19)11-18(17(21)24-4,12-15(20)6-2)25(22,23)16-9-7-13(3)8-10-16/h7-10H,5-6,11-12H2,1-4H3. The van der Waals surface area contributed by atoms with Gasteiger partial charge in [-0.05, 0) is 19.1 Å². The molecule has 0 atom stereocenters. The van der Waals surface area contributed by atoms with Crippen LogP contribution in [0.2, 0.25) is 0 Å². The Hall–Kier alpha value is -2.02. The molecule has 0 aliphatic rings. The maximum atomic E-state index is 13.3. The molecule has 0 saturated carbocycles. The number of aryl methyl sites for hydroxylation is 1. The SMILES string of the molecule is CCC(=O)CC(CC(=O)CC)(C(=O)OC)S(=O)(=O)c1ccc(C)cc1. The van der Waals surface area contributed by atoms with Crippen molar-refractivity contribution >= 4 is 27.4 Å². The predicted octanol–water partition coefficient (Wildman–Crippen LogP) is 2.42. The highest BCUT2D eigenvalue weighted by atomic mass is 32.2. The van der Waals surface area contributed by atoms with E-state index in [1.165, 1.54) is 12.1 Å². The van der Waals surface area contributed by atoms with E-state index < -0.39 is 45.0 Å². The van der Waals surface area contributed by atoms with Crippen LogP contribution in [-0.2, 0) is 29.0 Å². The van der Waals surface area contributed by atoms with E-state index in [4.69, 9.17) is 4.74 Å². The second-order valence-electron chi connectivity index (χ2n) is 5.94. The first-order valence-electron chi connectivity index (χ1n) is 8.07. The van der Waals surface area contributed by atoms with Gasteiger partial charge in [-0.25, -0.2) is 8.42 Å². The molecule has 0 radical (unpaired) electrons. The second-order valence-corrected chi connectivity index (χ2v) is 8.20. The molecule has 0 fully saturated rings. The summed E-state index contributed by atoms with van der Waals surface area (Å²) in [6.45, 7) is 4.94. The van der Waals surface area contributed by atoms with Gasteiger partial charge < -0.3 is 4.74 Å². The number of hydrogen-bond acceptors (Lipinski definition) is 6. The van der Waals surface area contributed by atoms with Gasteiger partial charge in [-0.3, -0.25) is 14.4 Å². The van der Waals surface area contributed by atoms with Gasteiger partial charge in [0.05, 0.1) is 12.0 Å². The summed E-state index contributed by atoms with van der Waals surface area (Å²) in [7, 11) is -3.27. The average Bonchev–Trinajstić information content (AvgIpc) is 2.60. The van der Waals surface area contributed by atoms with Gasteiger partial charge in [0, 0.05) is 25.7 Å². The van der Waals surface area contributed by atoms with E-state index >= 15 is 0 Å². The molecule has 25 heavy (non-hydrogen) atoms. The molecule has 0 spiro atoms. The quantitative estimate of drug-likeness (QED) is 0.621. The minimum Gasteiger partial charge on any atom is -0.468 e. The summed E-state index contributed by atoms with van der Waals surface area (Å²) in [5.41, 5.74) is 0.844. The molecule has 0 aliphatic carbocycles. The van der Waals surface area contributed by atoms with Crippen LogP contribution in [0.15, 0.2) is 29.2 Å².